The lowest BCUT2D eigenvalue weighted by molar-refractivity contribution is -0.140. The molecule has 0 saturated carbocycles. The summed E-state index contributed by atoms with van der Waals surface area (Å²) in [7, 11) is 0. The zero-order valence-electron chi connectivity index (χ0n) is 22.4. The molecule has 1 spiro atoms. The summed E-state index contributed by atoms with van der Waals surface area (Å²) in [5.41, 5.74) is 1.03. The van der Waals surface area contributed by atoms with Gasteiger partial charge in [-0.2, -0.15) is 0 Å². The van der Waals surface area contributed by atoms with Crippen LogP contribution in [-0.4, -0.2) is 63.0 Å². The second-order valence-corrected chi connectivity index (χ2v) is 12.7. The van der Waals surface area contributed by atoms with E-state index in [4.69, 9.17) is 5.11 Å². The Morgan fingerprint density at radius 3 is 2.59 bits per heavy atom. The molecule has 1 aromatic rings. The van der Waals surface area contributed by atoms with Crippen molar-refractivity contribution in [1.82, 2.24) is 15.5 Å². The number of carbonyl (C=O) groups excluding carboxylic acids is 3. The minimum Gasteiger partial charge on any atom is -0.396 e. The molecular formula is C29H43N3O4S. The van der Waals surface area contributed by atoms with Gasteiger partial charge in [-0.05, 0) is 44.1 Å². The number of rotatable bonds is 13. The van der Waals surface area contributed by atoms with Crippen molar-refractivity contribution in [3.05, 3.63) is 35.9 Å². The van der Waals surface area contributed by atoms with Crippen LogP contribution in [0.25, 0.3) is 0 Å². The van der Waals surface area contributed by atoms with E-state index >= 15 is 0 Å². The van der Waals surface area contributed by atoms with Crippen molar-refractivity contribution in [1.29, 1.82) is 0 Å². The number of benzene rings is 1. The Balaban J connectivity index is 1.58. The SMILES string of the molecule is CCCC(C)NC(=O)C1N(CCCCCCO)C(=O)[C@@H]2[C@@H](C(=O)NCc3ccccc3)[C@H]3CC(C)C12S3. The molecule has 2 bridgehead atoms. The van der Waals surface area contributed by atoms with Crippen LogP contribution >= 0.6 is 11.8 Å². The lowest BCUT2D eigenvalue weighted by Crippen LogP contribution is -2.57. The topological polar surface area (TPSA) is 98.7 Å². The number of hydrogen-bond donors (Lipinski definition) is 3. The summed E-state index contributed by atoms with van der Waals surface area (Å²) in [6, 6.07) is 9.30. The predicted molar refractivity (Wildman–Crippen MR) is 147 cm³/mol. The second kappa shape index (κ2) is 12.2. The molecule has 4 unspecified atom stereocenters. The molecule has 7 atom stereocenters. The Morgan fingerprint density at radius 2 is 1.89 bits per heavy atom. The lowest BCUT2D eigenvalue weighted by Gasteiger charge is -2.39. The van der Waals surface area contributed by atoms with E-state index in [1.165, 1.54) is 0 Å². The van der Waals surface area contributed by atoms with Gasteiger partial charge in [0.2, 0.25) is 17.7 Å². The zero-order valence-corrected chi connectivity index (χ0v) is 23.3. The molecule has 3 aliphatic rings. The van der Waals surface area contributed by atoms with E-state index in [1.54, 1.807) is 16.7 Å². The molecule has 8 heteroatoms. The largest absolute Gasteiger partial charge is 0.396 e. The van der Waals surface area contributed by atoms with Gasteiger partial charge >= 0.3 is 0 Å². The molecule has 3 amide bonds. The highest BCUT2D eigenvalue weighted by Crippen LogP contribution is 2.68. The van der Waals surface area contributed by atoms with E-state index in [2.05, 4.69) is 24.5 Å². The first-order valence-electron chi connectivity index (χ1n) is 14.1. The number of nitrogens with one attached hydrogen (secondary N) is 2. The zero-order chi connectivity index (χ0) is 26.6. The number of carbonyl (C=O) groups is 3. The van der Waals surface area contributed by atoms with Gasteiger partial charge < -0.3 is 20.6 Å². The highest BCUT2D eigenvalue weighted by atomic mass is 32.2. The van der Waals surface area contributed by atoms with Crippen LogP contribution in [0.5, 0.6) is 0 Å². The minimum absolute atomic E-state index is 0.0353. The van der Waals surface area contributed by atoms with Crippen molar-refractivity contribution < 1.29 is 19.5 Å². The molecule has 0 aliphatic carbocycles. The number of nitrogens with zero attached hydrogens (tertiary/aromatic N) is 1. The molecule has 7 nitrogen and oxygen atoms in total. The Hall–Kier alpha value is -2.06. The molecule has 0 aromatic heterocycles. The number of aliphatic hydroxyl groups is 1. The van der Waals surface area contributed by atoms with Crippen molar-refractivity contribution >= 4 is 29.5 Å². The molecule has 3 aliphatic heterocycles. The fourth-order valence-electron chi connectivity index (χ4n) is 6.84. The Kier molecular flexibility index (Phi) is 9.22. The maximum absolute atomic E-state index is 14.1. The number of unbranched alkanes of at least 4 members (excludes halogenated alkanes) is 3. The number of fused-ring (bicyclic) bond motifs is 1. The van der Waals surface area contributed by atoms with Crippen LogP contribution in [0.2, 0.25) is 0 Å². The molecule has 1 aromatic carbocycles. The van der Waals surface area contributed by atoms with E-state index in [-0.39, 0.29) is 41.5 Å². The maximum Gasteiger partial charge on any atom is 0.244 e. The number of hydrogen-bond acceptors (Lipinski definition) is 5. The van der Waals surface area contributed by atoms with Crippen molar-refractivity contribution in [3.8, 4) is 0 Å². The molecular weight excluding hydrogens is 486 g/mol. The van der Waals surface area contributed by atoms with E-state index in [0.29, 0.717) is 13.1 Å². The van der Waals surface area contributed by atoms with E-state index in [1.807, 2.05) is 37.3 Å². The van der Waals surface area contributed by atoms with Gasteiger partial charge in [-0.25, -0.2) is 0 Å². The van der Waals surface area contributed by atoms with Gasteiger partial charge in [0.05, 0.1) is 16.6 Å². The molecule has 204 valence electrons. The first-order chi connectivity index (χ1) is 17.8. The van der Waals surface area contributed by atoms with Crippen LogP contribution in [0.15, 0.2) is 30.3 Å². The van der Waals surface area contributed by atoms with Crippen LogP contribution in [0.3, 0.4) is 0 Å². The third kappa shape index (κ3) is 5.42. The van der Waals surface area contributed by atoms with Gasteiger partial charge in [0.1, 0.15) is 6.04 Å². The van der Waals surface area contributed by atoms with Crippen molar-refractivity contribution in [2.45, 2.75) is 94.3 Å². The van der Waals surface area contributed by atoms with Crippen LogP contribution in [-0.2, 0) is 20.9 Å². The number of amides is 3. The summed E-state index contributed by atoms with van der Waals surface area (Å²) < 4.78 is -0.572. The van der Waals surface area contributed by atoms with Gasteiger partial charge in [-0.15, -0.1) is 11.8 Å². The third-order valence-corrected chi connectivity index (χ3v) is 10.6. The highest BCUT2D eigenvalue weighted by molar-refractivity contribution is 8.02. The number of likely N-dealkylation sites (tertiary alicyclic amines) is 1. The van der Waals surface area contributed by atoms with E-state index in [0.717, 1.165) is 50.5 Å². The molecule has 4 rings (SSSR count). The average molecular weight is 530 g/mol. The fourth-order valence-corrected chi connectivity index (χ4v) is 9.26. The number of aliphatic hydroxyl groups excluding tert-OH is 1. The first kappa shape index (κ1) is 28.0. The summed E-state index contributed by atoms with van der Waals surface area (Å²) in [6.07, 6.45) is 6.04. The van der Waals surface area contributed by atoms with E-state index in [9.17, 15) is 14.4 Å². The predicted octanol–water partition coefficient (Wildman–Crippen LogP) is 3.50. The van der Waals surface area contributed by atoms with Crippen LogP contribution < -0.4 is 10.6 Å². The molecule has 3 heterocycles. The van der Waals surface area contributed by atoms with Gasteiger partial charge in [0.15, 0.2) is 0 Å². The summed E-state index contributed by atoms with van der Waals surface area (Å²) in [5.74, 6) is -0.899. The number of thioether (sulfide) groups is 1. The summed E-state index contributed by atoms with van der Waals surface area (Å²) >= 11 is 1.73. The van der Waals surface area contributed by atoms with Crippen LogP contribution in [0.1, 0.15) is 71.3 Å². The maximum atomic E-state index is 14.1. The van der Waals surface area contributed by atoms with Gasteiger partial charge in [-0.1, -0.05) is 63.4 Å². The molecule has 3 saturated heterocycles. The Morgan fingerprint density at radius 1 is 1.16 bits per heavy atom. The highest BCUT2D eigenvalue weighted by Gasteiger charge is 2.75. The lowest BCUT2D eigenvalue weighted by atomic mass is 9.66. The summed E-state index contributed by atoms with van der Waals surface area (Å²) in [4.78, 5) is 43.3. The molecule has 3 N–H and O–H groups in total. The van der Waals surface area contributed by atoms with Crippen molar-refractivity contribution in [2.24, 2.45) is 17.8 Å². The van der Waals surface area contributed by atoms with Crippen LogP contribution in [0, 0.1) is 17.8 Å². The summed E-state index contributed by atoms with van der Waals surface area (Å²) in [5, 5.41) is 15.5. The Bertz CT molecular complexity index is 960. The van der Waals surface area contributed by atoms with Gasteiger partial charge in [0, 0.05) is 31.0 Å². The van der Waals surface area contributed by atoms with Gasteiger partial charge in [0.25, 0.3) is 0 Å². The normalized spacial score (nSPS) is 30.9. The summed E-state index contributed by atoms with van der Waals surface area (Å²) in [6.45, 7) is 7.40. The van der Waals surface area contributed by atoms with Crippen molar-refractivity contribution in [3.63, 3.8) is 0 Å². The Labute approximate surface area is 225 Å². The molecule has 3 fully saturated rings. The fraction of sp³-hybridized carbons (Fsp3) is 0.690. The smallest absolute Gasteiger partial charge is 0.244 e. The second-order valence-electron chi connectivity index (χ2n) is 11.1. The standard InChI is InChI=1S/C29H43N3O4S/c1-4-12-20(3)31-27(35)25-29-19(2)17-22(37-29)23(26(34)30-18-21-13-8-7-9-14-21)24(29)28(36)32(25)15-10-5-6-11-16-33/h7-9,13-14,19-20,22-25,33H,4-6,10-12,15-18H2,1-3H3,(H,30,34)(H,31,35)/t19?,20?,22-,23+,24+,25?,29?/m1/s1. The van der Waals surface area contributed by atoms with E-state index < -0.39 is 22.6 Å². The third-order valence-electron chi connectivity index (χ3n) is 8.52. The quantitative estimate of drug-likeness (QED) is 0.340. The average Bonchev–Trinajstić information content (AvgIpc) is 3.47. The van der Waals surface area contributed by atoms with Crippen molar-refractivity contribution in [2.75, 3.05) is 13.2 Å². The molecule has 37 heavy (non-hydrogen) atoms. The molecule has 0 radical (unpaired) electrons. The minimum atomic E-state index is -0.572. The monoisotopic (exact) mass is 529 g/mol. The van der Waals surface area contributed by atoms with Gasteiger partial charge in [-0.3, -0.25) is 14.4 Å². The van der Waals surface area contributed by atoms with Crippen LogP contribution in [0.4, 0.5) is 0 Å². The first-order valence-corrected chi connectivity index (χ1v) is 14.9.